The second-order valence-electron chi connectivity index (χ2n) is 5.36. The molecule has 1 amide bonds. The molecule has 0 bridgehead atoms. The molecule has 0 aromatic heterocycles. The number of nitrogens with one attached hydrogen (secondary N) is 1. The number of methoxy groups -OCH3 is 1. The number of fused-ring (bicyclic) bond motifs is 1. The van der Waals surface area contributed by atoms with Gasteiger partial charge in [-0.1, -0.05) is 60.7 Å². The summed E-state index contributed by atoms with van der Waals surface area (Å²) in [6.07, 6.45) is 1.93. The molecule has 120 valence electrons. The molecular formula is C20H18N2O2. The smallest absolute Gasteiger partial charge is 0.244 e. The molecule has 0 aliphatic heterocycles. The van der Waals surface area contributed by atoms with Crippen molar-refractivity contribution in [3.05, 3.63) is 77.9 Å². The average molecular weight is 318 g/mol. The summed E-state index contributed by atoms with van der Waals surface area (Å²) in [5.74, 6) is 0.561. The lowest BCUT2D eigenvalue weighted by Crippen LogP contribution is -2.19. The second kappa shape index (κ2) is 7.42. The van der Waals surface area contributed by atoms with Crippen molar-refractivity contribution in [2.75, 3.05) is 7.11 Å². The van der Waals surface area contributed by atoms with Crippen molar-refractivity contribution in [2.45, 2.75) is 6.42 Å². The van der Waals surface area contributed by atoms with E-state index in [-0.39, 0.29) is 5.91 Å². The highest BCUT2D eigenvalue weighted by atomic mass is 16.5. The summed E-state index contributed by atoms with van der Waals surface area (Å²) in [7, 11) is 1.62. The molecule has 0 radical (unpaired) electrons. The van der Waals surface area contributed by atoms with Crippen LogP contribution in [0.5, 0.6) is 5.75 Å². The summed E-state index contributed by atoms with van der Waals surface area (Å²) in [5.41, 5.74) is 4.37. The van der Waals surface area contributed by atoms with E-state index in [1.807, 2.05) is 66.7 Å². The van der Waals surface area contributed by atoms with Crippen LogP contribution in [0.25, 0.3) is 10.8 Å². The van der Waals surface area contributed by atoms with Gasteiger partial charge in [0.1, 0.15) is 5.75 Å². The molecule has 3 aromatic rings. The Bertz CT molecular complexity index is 873. The zero-order valence-corrected chi connectivity index (χ0v) is 13.4. The fourth-order valence-electron chi connectivity index (χ4n) is 2.58. The molecule has 0 unspecified atom stereocenters. The molecule has 1 N–H and O–H groups in total. The average Bonchev–Trinajstić information content (AvgIpc) is 2.62. The lowest BCUT2D eigenvalue weighted by molar-refractivity contribution is -0.120. The van der Waals surface area contributed by atoms with Crippen LogP contribution in [0.4, 0.5) is 0 Å². The first-order valence-electron chi connectivity index (χ1n) is 7.69. The van der Waals surface area contributed by atoms with Crippen molar-refractivity contribution < 1.29 is 9.53 Å². The van der Waals surface area contributed by atoms with Gasteiger partial charge in [0.15, 0.2) is 0 Å². The van der Waals surface area contributed by atoms with Gasteiger partial charge in [-0.2, -0.15) is 5.10 Å². The first kappa shape index (κ1) is 15.7. The monoisotopic (exact) mass is 318 g/mol. The summed E-state index contributed by atoms with van der Waals surface area (Å²) >= 11 is 0. The Kier molecular flexibility index (Phi) is 4.87. The summed E-state index contributed by atoms with van der Waals surface area (Å²) in [4.78, 5) is 12.0. The highest BCUT2D eigenvalue weighted by molar-refractivity contribution is 6.02. The van der Waals surface area contributed by atoms with Crippen LogP contribution in [-0.2, 0) is 11.2 Å². The van der Waals surface area contributed by atoms with Crippen LogP contribution in [-0.4, -0.2) is 19.2 Å². The van der Waals surface area contributed by atoms with E-state index in [0.29, 0.717) is 6.42 Å². The molecule has 4 nitrogen and oxygen atoms in total. The first-order valence-corrected chi connectivity index (χ1v) is 7.69. The van der Waals surface area contributed by atoms with Gasteiger partial charge in [0, 0.05) is 5.56 Å². The third-order valence-electron chi connectivity index (χ3n) is 3.74. The number of amides is 1. The van der Waals surface area contributed by atoms with Crippen LogP contribution in [0.15, 0.2) is 71.8 Å². The number of hydrazone groups is 1. The van der Waals surface area contributed by atoms with Crippen molar-refractivity contribution in [1.29, 1.82) is 0 Å². The Labute approximate surface area is 140 Å². The normalized spacial score (nSPS) is 10.9. The van der Waals surface area contributed by atoms with Crippen LogP contribution < -0.4 is 10.2 Å². The minimum Gasteiger partial charge on any atom is -0.496 e. The van der Waals surface area contributed by atoms with Gasteiger partial charge in [-0.25, -0.2) is 5.43 Å². The van der Waals surface area contributed by atoms with Gasteiger partial charge in [-0.05, 0) is 22.4 Å². The summed E-state index contributed by atoms with van der Waals surface area (Å²) in [6, 6.07) is 21.4. The van der Waals surface area contributed by atoms with E-state index < -0.39 is 0 Å². The standard InChI is InChI=1S/C20H18N2O2/c1-24-19-12-11-16-9-5-6-10-17(16)18(19)14-21-22-20(23)13-15-7-3-2-4-8-15/h2-12,14H,13H2,1H3,(H,22,23)/b21-14-. The van der Waals surface area contributed by atoms with Gasteiger partial charge < -0.3 is 4.74 Å². The lowest BCUT2D eigenvalue weighted by atomic mass is 10.0. The van der Waals surface area contributed by atoms with Gasteiger partial charge in [0.2, 0.25) is 5.91 Å². The van der Waals surface area contributed by atoms with Gasteiger partial charge >= 0.3 is 0 Å². The minimum atomic E-state index is -0.156. The summed E-state index contributed by atoms with van der Waals surface area (Å²) in [6.45, 7) is 0. The van der Waals surface area contributed by atoms with E-state index in [1.165, 1.54) is 0 Å². The topological polar surface area (TPSA) is 50.7 Å². The molecule has 4 heteroatoms. The minimum absolute atomic E-state index is 0.156. The molecule has 0 fully saturated rings. The number of hydrogen-bond acceptors (Lipinski definition) is 3. The van der Waals surface area contributed by atoms with Gasteiger partial charge in [-0.15, -0.1) is 0 Å². The number of nitrogens with zero attached hydrogens (tertiary/aromatic N) is 1. The third kappa shape index (κ3) is 3.60. The number of carbonyl (C=O) groups excluding carboxylic acids is 1. The number of benzene rings is 3. The lowest BCUT2D eigenvalue weighted by Gasteiger charge is -2.08. The van der Waals surface area contributed by atoms with Crippen LogP contribution in [0.3, 0.4) is 0 Å². The summed E-state index contributed by atoms with van der Waals surface area (Å²) < 4.78 is 5.40. The molecule has 0 saturated heterocycles. The molecule has 0 spiro atoms. The quantitative estimate of drug-likeness (QED) is 0.578. The van der Waals surface area contributed by atoms with Crippen molar-refractivity contribution in [1.82, 2.24) is 5.43 Å². The maximum Gasteiger partial charge on any atom is 0.244 e. The molecule has 0 aliphatic rings. The Morgan fingerprint density at radius 1 is 1.04 bits per heavy atom. The number of carbonyl (C=O) groups is 1. The third-order valence-corrected chi connectivity index (χ3v) is 3.74. The number of hydrogen-bond donors (Lipinski definition) is 1. The van der Waals surface area contributed by atoms with Crippen molar-refractivity contribution in [2.24, 2.45) is 5.10 Å². The Hall–Kier alpha value is -3.14. The second-order valence-corrected chi connectivity index (χ2v) is 5.36. The molecule has 0 atom stereocenters. The van der Waals surface area contributed by atoms with E-state index in [4.69, 9.17) is 4.74 Å². The molecule has 3 rings (SSSR count). The van der Waals surface area contributed by atoms with Crippen LogP contribution in [0.1, 0.15) is 11.1 Å². The fraction of sp³-hybridized carbons (Fsp3) is 0.100. The maximum absolute atomic E-state index is 12.0. The highest BCUT2D eigenvalue weighted by Crippen LogP contribution is 2.26. The van der Waals surface area contributed by atoms with Crippen LogP contribution in [0.2, 0.25) is 0 Å². The number of ether oxygens (including phenoxy) is 1. The molecule has 3 aromatic carbocycles. The molecular weight excluding hydrogens is 300 g/mol. The van der Waals surface area contributed by atoms with E-state index in [9.17, 15) is 4.79 Å². The van der Waals surface area contributed by atoms with Gasteiger partial charge in [0.25, 0.3) is 0 Å². The predicted molar refractivity (Wildman–Crippen MR) is 96.4 cm³/mol. The van der Waals surface area contributed by atoms with E-state index in [0.717, 1.165) is 27.6 Å². The SMILES string of the molecule is COc1ccc2ccccc2c1/C=N\NC(=O)Cc1ccccc1. The Morgan fingerprint density at radius 2 is 1.79 bits per heavy atom. The van der Waals surface area contributed by atoms with E-state index in [1.54, 1.807) is 13.3 Å². The van der Waals surface area contributed by atoms with Gasteiger partial charge in [0.05, 0.1) is 19.7 Å². The Morgan fingerprint density at radius 3 is 2.58 bits per heavy atom. The van der Waals surface area contributed by atoms with E-state index in [2.05, 4.69) is 10.5 Å². The van der Waals surface area contributed by atoms with Crippen LogP contribution in [0, 0.1) is 0 Å². The van der Waals surface area contributed by atoms with E-state index >= 15 is 0 Å². The summed E-state index contributed by atoms with van der Waals surface area (Å²) in [5, 5.41) is 6.21. The van der Waals surface area contributed by atoms with Crippen LogP contribution >= 0.6 is 0 Å². The van der Waals surface area contributed by atoms with Crippen molar-refractivity contribution >= 4 is 22.9 Å². The number of rotatable bonds is 5. The molecule has 0 saturated carbocycles. The zero-order chi connectivity index (χ0) is 16.8. The zero-order valence-electron chi connectivity index (χ0n) is 13.4. The van der Waals surface area contributed by atoms with Gasteiger partial charge in [-0.3, -0.25) is 4.79 Å². The fourth-order valence-corrected chi connectivity index (χ4v) is 2.58. The highest BCUT2D eigenvalue weighted by Gasteiger charge is 2.06. The molecule has 0 aliphatic carbocycles. The van der Waals surface area contributed by atoms with Crippen molar-refractivity contribution in [3.8, 4) is 5.75 Å². The largest absolute Gasteiger partial charge is 0.496 e. The molecule has 24 heavy (non-hydrogen) atoms. The maximum atomic E-state index is 12.0. The van der Waals surface area contributed by atoms with Crippen molar-refractivity contribution in [3.63, 3.8) is 0 Å². The Balaban J connectivity index is 1.77. The predicted octanol–water partition coefficient (Wildman–Crippen LogP) is 3.54. The first-order chi connectivity index (χ1) is 11.8. The molecule has 0 heterocycles.